The molecule has 6 nitrogen and oxygen atoms in total. The number of hydrogen-bond acceptors (Lipinski definition) is 5. The number of nitrogens with zero attached hydrogens (tertiary/aromatic N) is 1. The fourth-order valence-electron chi connectivity index (χ4n) is 1.92. The summed E-state index contributed by atoms with van der Waals surface area (Å²) in [5.74, 6) is 1.66. The molecule has 1 aromatic heterocycles. The Labute approximate surface area is 103 Å². The first-order valence-corrected chi connectivity index (χ1v) is 5.67. The monoisotopic (exact) mass is 247 g/mol. The van der Waals surface area contributed by atoms with Crippen molar-refractivity contribution in [2.24, 2.45) is 0 Å². The summed E-state index contributed by atoms with van der Waals surface area (Å²) < 4.78 is 11.1. The third-order valence-corrected chi connectivity index (χ3v) is 2.82. The number of phenolic OH excluding ortho intramolecular Hbond substituents is 1. The van der Waals surface area contributed by atoms with Gasteiger partial charge in [-0.2, -0.15) is 5.10 Å². The third-order valence-electron chi connectivity index (χ3n) is 2.82. The minimum Gasteiger partial charge on any atom is -0.507 e. The van der Waals surface area contributed by atoms with Crippen LogP contribution in [0.25, 0.3) is 11.1 Å². The third kappa shape index (κ3) is 1.71. The zero-order chi connectivity index (χ0) is 12.5. The van der Waals surface area contributed by atoms with Crippen LogP contribution in [0.3, 0.4) is 0 Å². The van der Waals surface area contributed by atoms with Crippen molar-refractivity contribution in [1.29, 1.82) is 0 Å². The lowest BCUT2D eigenvalue weighted by atomic mass is 10.1. The largest absolute Gasteiger partial charge is 0.507 e. The van der Waals surface area contributed by atoms with Gasteiger partial charge in [0.1, 0.15) is 11.6 Å². The quantitative estimate of drug-likeness (QED) is 0.710. The van der Waals surface area contributed by atoms with E-state index in [0.717, 1.165) is 6.42 Å². The first-order valence-electron chi connectivity index (χ1n) is 5.67. The number of rotatable bonds is 1. The first-order chi connectivity index (χ1) is 8.75. The summed E-state index contributed by atoms with van der Waals surface area (Å²) in [6, 6.07) is 3.26. The number of nitrogens with one attached hydrogen (secondary N) is 1. The minimum absolute atomic E-state index is 0.0901. The molecule has 1 aromatic carbocycles. The van der Waals surface area contributed by atoms with E-state index in [9.17, 15) is 5.11 Å². The van der Waals surface area contributed by atoms with E-state index >= 15 is 0 Å². The summed E-state index contributed by atoms with van der Waals surface area (Å²) in [6.45, 7) is 1.18. The number of anilines is 1. The number of H-pyrrole nitrogens is 1. The number of hydrogen-bond donors (Lipinski definition) is 3. The highest BCUT2D eigenvalue weighted by atomic mass is 16.5. The van der Waals surface area contributed by atoms with Gasteiger partial charge in [-0.15, -0.1) is 0 Å². The molecule has 1 aliphatic heterocycles. The second-order valence-corrected chi connectivity index (χ2v) is 4.06. The van der Waals surface area contributed by atoms with Crippen molar-refractivity contribution in [3.63, 3.8) is 0 Å². The number of fused-ring (bicyclic) bond motifs is 1. The summed E-state index contributed by atoms with van der Waals surface area (Å²) in [6.07, 6.45) is 2.38. The Morgan fingerprint density at radius 1 is 1.17 bits per heavy atom. The van der Waals surface area contributed by atoms with Crippen LogP contribution in [0.4, 0.5) is 5.82 Å². The molecule has 0 saturated carbocycles. The molecule has 3 rings (SSSR count). The molecule has 0 fully saturated rings. The van der Waals surface area contributed by atoms with Crippen LogP contribution >= 0.6 is 0 Å². The lowest BCUT2D eigenvalue weighted by molar-refractivity contribution is 0.296. The van der Waals surface area contributed by atoms with Crippen LogP contribution < -0.4 is 15.2 Å². The molecule has 2 heterocycles. The molecule has 0 unspecified atom stereocenters. The second kappa shape index (κ2) is 4.14. The second-order valence-electron chi connectivity index (χ2n) is 4.06. The average Bonchev–Trinajstić information content (AvgIpc) is 2.64. The van der Waals surface area contributed by atoms with Gasteiger partial charge in [-0.1, -0.05) is 0 Å². The lowest BCUT2D eigenvalue weighted by Crippen LogP contribution is -1.97. The van der Waals surface area contributed by atoms with Gasteiger partial charge in [0, 0.05) is 23.6 Å². The molecule has 0 bridgehead atoms. The number of aromatic amines is 1. The van der Waals surface area contributed by atoms with Gasteiger partial charge in [0.05, 0.1) is 19.4 Å². The normalized spacial score (nSPS) is 14.2. The van der Waals surface area contributed by atoms with Gasteiger partial charge >= 0.3 is 0 Å². The van der Waals surface area contributed by atoms with Gasteiger partial charge in [0.15, 0.2) is 11.5 Å². The van der Waals surface area contributed by atoms with Gasteiger partial charge < -0.3 is 20.3 Å². The standard InChI is InChI=1S/C12H13N3O3/c13-12-8(6-14-15-12)7-4-10-11(5-9(7)16)18-3-1-2-17-10/h4-6,16H,1-3H2,(H3,13,14,15). The molecule has 18 heavy (non-hydrogen) atoms. The molecule has 0 aliphatic carbocycles. The number of benzene rings is 1. The van der Waals surface area contributed by atoms with Crippen molar-refractivity contribution in [1.82, 2.24) is 10.2 Å². The predicted octanol–water partition coefficient (Wildman–Crippen LogP) is 1.53. The highest BCUT2D eigenvalue weighted by Gasteiger charge is 2.17. The van der Waals surface area contributed by atoms with Gasteiger partial charge in [-0.05, 0) is 6.07 Å². The lowest BCUT2D eigenvalue weighted by Gasteiger charge is -2.11. The summed E-state index contributed by atoms with van der Waals surface area (Å²) >= 11 is 0. The highest BCUT2D eigenvalue weighted by Crippen LogP contribution is 2.41. The van der Waals surface area contributed by atoms with E-state index < -0.39 is 0 Å². The Morgan fingerprint density at radius 3 is 2.56 bits per heavy atom. The smallest absolute Gasteiger partial charge is 0.164 e. The summed E-state index contributed by atoms with van der Waals surface area (Å²) in [7, 11) is 0. The van der Waals surface area contributed by atoms with Crippen molar-refractivity contribution < 1.29 is 14.6 Å². The molecule has 94 valence electrons. The first kappa shape index (κ1) is 10.8. The van der Waals surface area contributed by atoms with Gasteiger partial charge in [-0.3, -0.25) is 5.10 Å². The van der Waals surface area contributed by atoms with Crippen molar-refractivity contribution >= 4 is 5.82 Å². The highest BCUT2D eigenvalue weighted by molar-refractivity contribution is 5.80. The maximum Gasteiger partial charge on any atom is 0.164 e. The summed E-state index contributed by atoms with van der Waals surface area (Å²) in [5, 5.41) is 16.5. The summed E-state index contributed by atoms with van der Waals surface area (Å²) in [4.78, 5) is 0. The fourth-order valence-corrected chi connectivity index (χ4v) is 1.92. The molecule has 4 N–H and O–H groups in total. The van der Waals surface area contributed by atoms with Crippen molar-refractivity contribution in [3.05, 3.63) is 18.3 Å². The molecule has 1 aliphatic rings. The van der Waals surface area contributed by atoms with E-state index in [0.29, 0.717) is 41.7 Å². The number of phenols is 1. The van der Waals surface area contributed by atoms with Crippen molar-refractivity contribution in [3.8, 4) is 28.4 Å². The number of nitrogens with two attached hydrogens (primary N) is 1. The number of ether oxygens (including phenoxy) is 2. The molecule has 0 atom stereocenters. The molecule has 2 aromatic rings. The van der Waals surface area contributed by atoms with Crippen LogP contribution in [-0.4, -0.2) is 28.5 Å². The Morgan fingerprint density at radius 2 is 1.89 bits per heavy atom. The maximum absolute atomic E-state index is 10.0. The Bertz CT molecular complexity index is 580. The molecule has 0 amide bonds. The van der Waals surface area contributed by atoms with Crippen LogP contribution in [-0.2, 0) is 0 Å². The van der Waals surface area contributed by atoms with Crippen LogP contribution in [0.5, 0.6) is 17.2 Å². The molecule has 0 saturated heterocycles. The van der Waals surface area contributed by atoms with Crippen LogP contribution in [0.15, 0.2) is 18.3 Å². The zero-order valence-corrected chi connectivity index (χ0v) is 9.64. The Hall–Kier alpha value is -2.37. The summed E-state index contributed by atoms with van der Waals surface area (Å²) in [5.41, 5.74) is 6.96. The van der Waals surface area contributed by atoms with Gasteiger partial charge in [0.2, 0.25) is 0 Å². The molecular formula is C12H13N3O3. The average molecular weight is 247 g/mol. The Balaban J connectivity index is 2.11. The van der Waals surface area contributed by atoms with E-state index in [2.05, 4.69) is 10.2 Å². The van der Waals surface area contributed by atoms with E-state index in [4.69, 9.17) is 15.2 Å². The van der Waals surface area contributed by atoms with Crippen LogP contribution in [0, 0.1) is 0 Å². The van der Waals surface area contributed by atoms with E-state index in [-0.39, 0.29) is 5.75 Å². The van der Waals surface area contributed by atoms with Crippen molar-refractivity contribution in [2.45, 2.75) is 6.42 Å². The predicted molar refractivity (Wildman–Crippen MR) is 65.7 cm³/mol. The molecular weight excluding hydrogens is 234 g/mol. The number of nitrogen functional groups attached to an aromatic ring is 1. The van der Waals surface area contributed by atoms with E-state index in [1.165, 1.54) is 0 Å². The number of aromatic hydroxyl groups is 1. The SMILES string of the molecule is Nc1[nH]ncc1-c1cc2c(cc1O)OCCCO2. The molecule has 0 spiro atoms. The van der Waals surface area contributed by atoms with E-state index in [1.54, 1.807) is 18.3 Å². The van der Waals surface area contributed by atoms with Crippen LogP contribution in [0.2, 0.25) is 0 Å². The zero-order valence-electron chi connectivity index (χ0n) is 9.64. The fraction of sp³-hybridized carbons (Fsp3) is 0.250. The van der Waals surface area contributed by atoms with Crippen LogP contribution in [0.1, 0.15) is 6.42 Å². The minimum atomic E-state index is 0.0901. The van der Waals surface area contributed by atoms with Crippen molar-refractivity contribution in [2.75, 3.05) is 18.9 Å². The topological polar surface area (TPSA) is 93.4 Å². The van der Waals surface area contributed by atoms with E-state index in [1.807, 2.05) is 0 Å². The molecule has 0 radical (unpaired) electrons. The Kier molecular flexibility index (Phi) is 2.47. The van der Waals surface area contributed by atoms with Gasteiger partial charge in [0.25, 0.3) is 0 Å². The number of aromatic nitrogens is 2. The van der Waals surface area contributed by atoms with Gasteiger partial charge in [-0.25, -0.2) is 0 Å². The molecule has 6 heteroatoms. The maximum atomic E-state index is 10.0.